The van der Waals surface area contributed by atoms with Crippen LogP contribution < -0.4 is 14.8 Å². The summed E-state index contributed by atoms with van der Waals surface area (Å²) in [5.74, 6) is 0.354. The Balaban J connectivity index is 1.86. The fraction of sp³-hybridized carbons (Fsp3) is 0.115. The van der Waals surface area contributed by atoms with Gasteiger partial charge in [0.1, 0.15) is 18.2 Å². The van der Waals surface area contributed by atoms with Gasteiger partial charge in [-0.15, -0.1) is 0 Å². The lowest BCUT2D eigenvalue weighted by Crippen LogP contribution is -2.13. The Morgan fingerprint density at radius 1 is 1.09 bits per heavy atom. The first-order valence-corrected chi connectivity index (χ1v) is 11.4. The van der Waals surface area contributed by atoms with Crippen molar-refractivity contribution in [2.45, 2.75) is 13.5 Å². The van der Waals surface area contributed by atoms with E-state index in [0.29, 0.717) is 44.4 Å². The molecule has 6 nitrogen and oxygen atoms in total. The van der Waals surface area contributed by atoms with Gasteiger partial charge in [0.05, 0.1) is 18.2 Å². The van der Waals surface area contributed by atoms with Gasteiger partial charge in [0.15, 0.2) is 11.5 Å². The standard InChI is InChI=1S/C26H19BrClN3O3/c1-2-33-24-12-19(11-20(15-30)26(32)31-22-9-7-21(28)8-10-22)23(27)13-25(24)34-16-18-6-4-3-5-17(18)14-29/h3-13H,2,16H2,1H3,(H,31,32)/b20-11+. The van der Waals surface area contributed by atoms with Gasteiger partial charge in [0, 0.05) is 20.7 Å². The average molecular weight is 537 g/mol. The molecule has 0 saturated carbocycles. The summed E-state index contributed by atoms with van der Waals surface area (Å²) < 4.78 is 12.3. The maximum atomic E-state index is 12.6. The molecule has 8 heteroatoms. The van der Waals surface area contributed by atoms with E-state index < -0.39 is 5.91 Å². The number of hydrogen-bond acceptors (Lipinski definition) is 5. The molecule has 0 bridgehead atoms. The molecule has 3 rings (SSSR count). The molecule has 0 atom stereocenters. The van der Waals surface area contributed by atoms with Crippen LogP contribution in [-0.4, -0.2) is 12.5 Å². The molecular formula is C26H19BrClN3O3. The molecule has 0 spiro atoms. The first-order valence-electron chi connectivity index (χ1n) is 10.2. The van der Waals surface area contributed by atoms with Crippen LogP contribution in [0.1, 0.15) is 23.6 Å². The maximum Gasteiger partial charge on any atom is 0.266 e. The van der Waals surface area contributed by atoms with E-state index in [1.807, 2.05) is 25.1 Å². The van der Waals surface area contributed by atoms with Crippen LogP contribution in [0, 0.1) is 22.7 Å². The molecule has 0 aliphatic carbocycles. The summed E-state index contributed by atoms with van der Waals surface area (Å²) >= 11 is 9.35. The van der Waals surface area contributed by atoms with Crippen LogP contribution in [0.15, 0.2) is 70.7 Å². The number of ether oxygens (including phenoxy) is 2. The molecule has 0 unspecified atom stereocenters. The third-order valence-corrected chi connectivity index (χ3v) is 5.59. The van der Waals surface area contributed by atoms with Crippen LogP contribution in [0.25, 0.3) is 6.08 Å². The molecule has 1 amide bonds. The van der Waals surface area contributed by atoms with Crippen molar-refractivity contribution >= 4 is 45.2 Å². The first-order chi connectivity index (χ1) is 16.4. The summed E-state index contributed by atoms with van der Waals surface area (Å²) in [7, 11) is 0. The molecule has 0 saturated heterocycles. The summed E-state index contributed by atoms with van der Waals surface area (Å²) in [6.07, 6.45) is 1.46. The van der Waals surface area contributed by atoms with Crippen molar-refractivity contribution in [1.29, 1.82) is 10.5 Å². The number of nitrogens with zero attached hydrogens (tertiary/aromatic N) is 2. The SMILES string of the molecule is CCOc1cc(/C=C(\C#N)C(=O)Nc2ccc(Cl)cc2)c(Br)cc1OCc1ccccc1C#N. The average Bonchev–Trinajstić information content (AvgIpc) is 2.84. The first kappa shape index (κ1) is 24.9. The number of halogens is 2. The fourth-order valence-electron chi connectivity index (χ4n) is 2.99. The Bertz CT molecular complexity index is 1310. The van der Waals surface area contributed by atoms with E-state index in [-0.39, 0.29) is 12.2 Å². The molecule has 0 heterocycles. The lowest BCUT2D eigenvalue weighted by Gasteiger charge is -2.15. The minimum atomic E-state index is -0.553. The Kier molecular flexibility index (Phi) is 8.70. The molecule has 34 heavy (non-hydrogen) atoms. The van der Waals surface area contributed by atoms with Crippen molar-refractivity contribution < 1.29 is 14.3 Å². The minimum Gasteiger partial charge on any atom is -0.490 e. The van der Waals surface area contributed by atoms with Gasteiger partial charge in [-0.2, -0.15) is 10.5 Å². The summed E-state index contributed by atoms with van der Waals surface area (Å²) in [4.78, 5) is 12.6. The van der Waals surface area contributed by atoms with Crippen molar-refractivity contribution in [3.63, 3.8) is 0 Å². The summed E-state index contributed by atoms with van der Waals surface area (Å²) in [5.41, 5.74) is 2.28. The van der Waals surface area contributed by atoms with Gasteiger partial charge in [-0.1, -0.05) is 45.7 Å². The Labute approximate surface area is 211 Å². The second kappa shape index (κ2) is 11.9. The summed E-state index contributed by atoms with van der Waals surface area (Å²) in [6, 6.07) is 21.2. The molecule has 1 N–H and O–H groups in total. The second-order valence-electron chi connectivity index (χ2n) is 6.94. The number of anilines is 1. The molecule has 3 aromatic rings. The highest BCUT2D eigenvalue weighted by molar-refractivity contribution is 9.10. The van der Waals surface area contributed by atoms with Crippen LogP contribution in [0.5, 0.6) is 11.5 Å². The molecule has 0 aromatic heterocycles. The van der Waals surface area contributed by atoms with E-state index in [4.69, 9.17) is 21.1 Å². The molecule has 170 valence electrons. The zero-order chi connectivity index (χ0) is 24.5. The minimum absolute atomic E-state index is 0.0882. The highest BCUT2D eigenvalue weighted by Gasteiger charge is 2.15. The molecule has 0 aliphatic heterocycles. The molecule has 0 fully saturated rings. The van der Waals surface area contributed by atoms with Crippen LogP contribution in [0.3, 0.4) is 0 Å². The molecule has 0 radical (unpaired) electrons. The van der Waals surface area contributed by atoms with Gasteiger partial charge in [0.2, 0.25) is 0 Å². The van der Waals surface area contributed by atoms with Crippen LogP contribution in [0.4, 0.5) is 5.69 Å². The van der Waals surface area contributed by atoms with Gasteiger partial charge in [-0.05, 0) is 61.0 Å². The van der Waals surface area contributed by atoms with E-state index in [2.05, 4.69) is 27.3 Å². The van der Waals surface area contributed by atoms with Crippen LogP contribution in [-0.2, 0) is 11.4 Å². The van der Waals surface area contributed by atoms with E-state index >= 15 is 0 Å². The van der Waals surface area contributed by atoms with E-state index in [9.17, 15) is 15.3 Å². The smallest absolute Gasteiger partial charge is 0.266 e. The van der Waals surface area contributed by atoms with Gasteiger partial charge in [-0.25, -0.2) is 0 Å². The van der Waals surface area contributed by atoms with Crippen molar-refractivity contribution in [2.24, 2.45) is 0 Å². The van der Waals surface area contributed by atoms with Crippen molar-refractivity contribution in [3.8, 4) is 23.6 Å². The largest absolute Gasteiger partial charge is 0.490 e. The number of rotatable bonds is 8. The second-order valence-corrected chi connectivity index (χ2v) is 8.23. The van der Waals surface area contributed by atoms with E-state index in [0.717, 1.165) is 5.56 Å². The lowest BCUT2D eigenvalue weighted by atomic mass is 10.1. The fourth-order valence-corrected chi connectivity index (χ4v) is 3.55. The van der Waals surface area contributed by atoms with E-state index in [1.54, 1.807) is 48.5 Å². The summed E-state index contributed by atoms with van der Waals surface area (Å²) in [6.45, 7) is 2.41. The predicted molar refractivity (Wildman–Crippen MR) is 134 cm³/mol. The highest BCUT2D eigenvalue weighted by atomic mass is 79.9. The zero-order valence-electron chi connectivity index (χ0n) is 18.1. The Morgan fingerprint density at radius 2 is 1.79 bits per heavy atom. The third-order valence-electron chi connectivity index (χ3n) is 4.65. The van der Waals surface area contributed by atoms with Crippen LogP contribution >= 0.6 is 27.5 Å². The number of carbonyl (C=O) groups excluding carboxylic acids is 1. The normalized spacial score (nSPS) is 10.7. The van der Waals surface area contributed by atoms with Gasteiger partial charge in [0.25, 0.3) is 5.91 Å². The Hall–Kier alpha value is -3.78. The zero-order valence-corrected chi connectivity index (χ0v) is 20.5. The molecular weight excluding hydrogens is 518 g/mol. The van der Waals surface area contributed by atoms with E-state index in [1.165, 1.54) is 6.08 Å². The molecule has 3 aromatic carbocycles. The number of amides is 1. The monoisotopic (exact) mass is 535 g/mol. The third kappa shape index (κ3) is 6.39. The van der Waals surface area contributed by atoms with Crippen LogP contribution in [0.2, 0.25) is 5.02 Å². The van der Waals surface area contributed by atoms with Gasteiger partial charge < -0.3 is 14.8 Å². The lowest BCUT2D eigenvalue weighted by molar-refractivity contribution is -0.112. The number of benzene rings is 3. The predicted octanol–water partition coefficient (Wildman–Crippen LogP) is 6.50. The van der Waals surface area contributed by atoms with Gasteiger partial charge in [-0.3, -0.25) is 4.79 Å². The van der Waals surface area contributed by atoms with Crippen molar-refractivity contribution in [3.05, 3.63) is 92.4 Å². The number of nitriles is 2. The van der Waals surface area contributed by atoms with Crippen molar-refractivity contribution in [1.82, 2.24) is 0 Å². The molecule has 0 aliphatic rings. The number of carbonyl (C=O) groups is 1. The maximum absolute atomic E-state index is 12.6. The quantitative estimate of drug-likeness (QED) is 0.262. The topological polar surface area (TPSA) is 95.1 Å². The van der Waals surface area contributed by atoms with Gasteiger partial charge >= 0.3 is 0 Å². The summed E-state index contributed by atoms with van der Waals surface area (Å²) in [5, 5.41) is 22.1. The number of hydrogen-bond donors (Lipinski definition) is 1. The highest BCUT2D eigenvalue weighted by Crippen LogP contribution is 2.35. The number of nitrogens with one attached hydrogen (secondary N) is 1. The Morgan fingerprint density at radius 3 is 2.47 bits per heavy atom. The van der Waals surface area contributed by atoms with Crippen molar-refractivity contribution in [2.75, 3.05) is 11.9 Å².